The minimum atomic E-state index is -0.429. The number of nitrogens with zero attached hydrogens (tertiary/aromatic N) is 3. The highest BCUT2D eigenvalue weighted by molar-refractivity contribution is 6.01. The molecule has 1 amide bonds. The molecule has 9 nitrogen and oxygen atoms in total. The van der Waals surface area contributed by atoms with Gasteiger partial charge in [-0.15, -0.1) is 0 Å². The summed E-state index contributed by atoms with van der Waals surface area (Å²) in [6.07, 6.45) is 0. The van der Waals surface area contributed by atoms with Crippen LogP contribution in [0.2, 0.25) is 0 Å². The Morgan fingerprint density at radius 1 is 1.06 bits per heavy atom. The van der Waals surface area contributed by atoms with Crippen molar-refractivity contribution in [2.75, 3.05) is 19.6 Å². The molecule has 32 heavy (non-hydrogen) atoms. The maximum absolute atomic E-state index is 12.7. The molecule has 0 saturated heterocycles. The van der Waals surface area contributed by atoms with Crippen LogP contribution in [0.15, 0.2) is 27.2 Å². The molecule has 0 aliphatic carbocycles. The lowest BCUT2D eigenvalue weighted by Gasteiger charge is -2.15. The Bertz CT molecular complexity index is 1080. The summed E-state index contributed by atoms with van der Waals surface area (Å²) in [5.41, 5.74) is 1.96. The lowest BCUT2D eigenvalue weighted by atomic mass is 9.95. The van der Waals surface area contributed by atoms with Crippen LogP contribution in [-0.4, -0.2) is 51.0 Å². The van der Waals surface area contributed by atoms with E-state index in [0.717, 1.165) is 13.1 Å². The Labute approximate surface area is 187 Å². The average molecular weight is 443 g/mol. The van der Waals surface area contributed by atoms with Crippen LogP contribution in [0, 0.1) is 0 Å². The largest absolute Gasteiger partial charge is 0.508 e. The van der Waals surface area contributed by atoms with E-state index < -0.39 is 5.91 Å². The summed E-state index contributed by atoms with van der Waals surface area (Å²) in [5.74, 6) is -0.183. The van der Waals surface area contributed by atoms with Crippen molar-refractivity contribution in [1.82, 2.24) is 20.5 Å². The van der Waals surface area contributed by atoms with E-state index in [-0.39, 0.29) is 28.9 Å². The van der Waals surface area contributed by atoms with E-state index in [1.165, 1.54) is 6.07 Å². The average Bonchev–Trinajstić information content (AvgIpc) is 3.38. The van der Waals surface area contributed by atoms with Gasteiger partial charge in [0.2, 0.25) is 0 Å². The van der Waals surface area contributed by atoms with Crippen LogP contribution in [-0.2, 0) is 6.54 Å². The molecule has 0 aliphatic rings. The number of carbonyl (C=O) groups excluding carboxylic acids is 1. The Kier molecular flexibility index (Phi) is 7.19. The number of aromatic nitrogens is 2. The van der Waals surface area contributed by atoms with Crippen molar-refractivity contribution in [3.05, 3.63) is 35.2 Å². The zero-order chi connectivity index (χ0) is 23.4. The molecule has 0 bridgehead atoms. The number of aromatic hydroxyl groups is 2. The molecule has 2 aromatic heterocycles. The van der Waals surface area contributed by atoms with Gasteiger partial charge in [-0.25, -0.2) is 0 Å². The van der Waals surface area contributed by atoms with E-state index in [0.29, 0.717) is 41.2 Å². The minimum absolute atomic E-state index is 0.00506. The summed E-state index contributed by atoms with van der Waals surface area (Å²) in [6, 6.07) is 4.64. The number of hydrogen-bond acceptors (Lipinski definition) is 8. The number of benzene rings is 1. The van der Waals surface area contributed by atoms with Crippen molar-refractivity contribution in [3.8, 4) is 34.1 Å². The summed E-state index contributed by atoms with van der Waals surface area (Å²) in [4.78, 5) is 14.9. The monoisotopic (exact) mass is 442 g/mol. The summed E-state index contributed by atoms with van der Waals surface area (Å²) >= 11 is 0. The van der Waals surface area contributed by atoms with Crippen molar-refractivity contribution >= 4 is 5.91 Å². The standard InChI is InChI=1S/C23H30N4O5/c1-6-24-23(30)21-20(19-9-14(25-31-19)12-27(7-2)8-3)22(32-26-21)16-10-15(13(4)5)17(28)11-18(16)29/h9-11,13,28-29H,6-8,12H2,1-5H3,(H,24,30). The summed E-state index contributed by atoms with van der Waals surface area (Å²) in [7, 11) is 0. The van der Waals surface area contributed by atoms with E-state index in [4.69, 9.17) is 9.05 Å². The third-order valence-electron chi connectivity index (χ3n) is 5.34. The van der Waals surface area contributed by atoms with E-state index in [9.17, 15) is 15.0 Å². The van der Waals surface area contributed by atoms with Crippen molar-refractivity contribution in [2.24, 2.45) is 0 Å². The molecule has 3 rings (SSSR count). The first-order valence-corrected chi connectivity index (χ1v) is 10.8. The number of phenolic OH excluding ortho intramolecular Hbond substituents is 2. The van der Waals surface area contributed by atoms with E-state index in [1.54, 1.807) is 19.1 Å². The quantitative estimate of drug-likeness (QED) is 0.452. The third-order valence-corrected chi connectivity index (χ3v) is 5.34. The van der Waals surface area contributed by atoms with Crippen molar-refractivity contribution in [3.63, 3.8) is 0 Å². The van der Waals surface area contributed by atoms with Crippen LogP contribution in [0.5, 0.6) is 11.5 Å². The molecular weight excluding hydrogens is 412 g/mol. The maximum atomic E-state index is 12.7. The topological polar surface area (TPSA) is 125 Å². The summed E-state index contributed by atoms with van der Waals surface area (Å²) in [5, 5.41) is 31.6. The van der Waals surface area contributed by atoms with Crippen LogP contribution in [0.25, 0.3) is 22.6 Å². The summed E-state index contributed by atoms with van der Waals surface area (Å²) < 4.78 is 11.1. The van der Waals surface area contributed by atoms with Gasteiger partial charge >= 0.3 is 0 Å². The molecule has 1 aromatic carbocycles. The molecule has 3 N–H and O–H groups in total. The molecule has 0 atom stereocenters. The van der Waals surface area contributed by atoms with E-state index in [1.807, 2.05) is 13.8 Å². The molecule has 0 spiro atoms. The fourth-order valence-electron chi connectivity index (χ4n) is 3.52. The Morgan fingerprint density at radius 2 is 1.78 bits per heavy atom. The zero-order valence-corrected chi connectivity index (χ0v) is 19.1. The fraction of sp³-hybridized carbons (Fsp3) is 0.435. The Morgan fingerprint density at radius 3 is 2.41 bits per heavy atom. The van der Waals surface area contributed by atoms with Gasteiger partial charge in [0.15, 0.2) is 17.2 Å². The highest BCUT2D eigenvalue weighted by atomic mass is 16.5. The molecule has 0 fully saturated rings. The van der Waals surface area contributed by atoms with Gasteiger partial charge in [0.05, 0.1) is 11.3 Å². The van der Waals surface area contributed by atoms with Gasteiger partial charge in [0, 0.05) is 25.2 Å². The van der Waals surface area contributed by atoms with Gasteiger partial charge in [-0.05, 0) is 37.6 Å². The van der Waals surface area contributed by atoms with Gasteiger partial charge < -0.3 is 24.6 Å². The second-order valence-electron chi connectivity index (χ2n) is 7.82. The molecule has 9 heteroatoms. The number of amides is 1. The molecule has 0 radical (unpaired) electrons. The second kappa shape index (κ2) is 9.86. The third kappa shape index (κ3) is 4.62. The number of hydrogen-bond donors (Lipinski definition) is 3. The first kappa shape index (κ1) is 23.3. The molecule has 172 valence electrons. The predicted octanol–water partition coefficient (Wildman–Crippen LogP) is 4.12. The van der Waals surface area contributed by atoms with Crippen LogP contribution in [0.3, 0.4) is 0 Å². The Hall–Kier alpha value is -3.33. The van der Waals surface area contributed by atoms with Crippen LogP contribution >= 0.6 is 0 Å². The van der Waals surface area contributed by atoms with Crippen LogP contribution in [0.4, 0.5) is 0 Å². The number of carbonyl (C=O) groups is 1. The van der Waals surface area contributed by atoms with E-state index in [2.05, 4.69) is 34.4 Å². The molecule has 0 saturated carbocycles. The smallest absolute Gasteiger partial charge is 0.274 e. The second-order valence-corrected chi connectivity index (χ2v) is 7.82. The van der Waals surface area contributed by atoms with E-state index >= 15 is 0 Å². The molecule has 3 aromatic rings. The lowest BCUT2D eigenvalue weighted by molar-refractivity contribution is 0.0947. The number of phenols is 2. The maximum Gasteiger partial charge on any atom is 0.274 e. The lowest BCUT2D eigenvalue weighted by Crippen LogP contribution is -2.23. The fourth-order valence-corrected chi connectivity index (χ4v) is 3.52. The molecule has 2 heterocycles. The Balaban J connectivity index is 2.16. The first-order chi connectivity index (χ1) is 15.3. The molecule has 0 aliphatic heterocycles. The predicted molar refractivity (Wildman–Crippen MR) is 119 cm³/mol. The van der Waals surface area contributed by atoms with Crippen LogP contribution in [0.1, 0.15) is 62.3 Å². The SMILES string of the molecule is CCNC(=O)c1noc(-c2cc(C(C)C)c(O)cc2O)c1-c1cc(CN(CC)CC)no1. The van der Waals surface area contributed by atoms with Crippen molar-refractivity contribution in [1.29, 1.82) is 0 Å². The van der Waals surface area contributed by atoms with Gasteiger partial charge in [-0.2, -0.15) is 0 Å². The van der Waals surface area contributed by atoms with Crippen LogP contribution < -0.4 is 5.32 Å². The first-order valence-electron chi connectivity index (χ1n) is 10.8. The van der Waals surface area contributed by atoms with Gasteiger partial charge in [-0.1, -0.05) is 38.0 Å². The number of nitrogens with one attached hydrogen (secondary N) is 1. The summed E-state index contributed by atoms with van der Waals surface area (Å²) in [6.45, 7) is 12.5. The zero-order valence-electron chi connectivity index (χ0n) is 19.1. The number of rotatable bonds is 9. The molecular formula is C23H30N4O5. The van der Waals surface area contributed by atoms with Crippen molar-refractivity contribution in [2.45, 2.75) is 47.1 Å². The van der Waals surface area contributed by atoms with Gasteiger partial charge in [-0.3, -0.25) is 9.69 Å². The highest BCUT2D eigenvalue weighted by Crippen LogP contribution is 2.43. The van der Waals surface area contributed by atoms with Gasteiger partial charge in [0.25, 0.3) is 5.91 Å². The van der Waals surface area contributed by atoms with Gasteiger partial charge in [0.1, 0.15) is 17.1 Å². The highest BCUT2D eigenvalue weighted by Gasteiger charge is 2.29. The van der Waals surface area contributed by atoms with Crippen molar-refractivity contribution < 1.29 is 24.1 Å². The molecule has 0 unspecified atom stereocenters. The minimum Gasteiger partial charge on any atom is -0.508 e. The normalized spacial score (nSPS) is 11.5.